The molecule has 0 spiro atoms. The van der Waals surface area contributed by atoms with Crippen LogP contribution in [0.4, 0.5) is 4.79 Å². The number of benzene rings is 1. The van der Waals surface area contributed by atoms with Crippen molar-refractivity contribution in [1.29, 1.82) is 5.26 Å². The molecule has 0 atom stereocenters. The van der Waals surface area contributed by atoms with Crippen LogP contribution in [0.25, 0.3) is 0 Å². The largest absolute Gasteiger partial charge is 0.503 e. The molecule has 1 aromatic rings. The highest BCUT2D eigenvalue weighted by Gasteiger charge is 2.18. The summed E-state index contributed by atoms with van der Waals surface area (Å²) in [5, 5.41) is 22.5. The van der Waals surface area contributed by atoms with Crippen LogP contribution in [-0.4, -0.2) is 16.4 Å². The predicted molar refractivity (Wildman–Crippen MR) is 58.4 cm³/mol. The normalized spacial score (nSPS) is 13.9. The standard InChI is InChI=1S/C11H11N.CH2O3/c12-8-9-4-6-11(7-5-9)10-2-1-3-10;2-1(3)4/h4-7,10H,1-3H2;(H2,2,3,4). The molecule has 2 N–H and O–H groups in total. The molecule has 2 rings (SSSR count). The van der Waals surface area contributed by atoms with Crippen LogP contribution in [0, 0.1) is 11.3 Å². The zero-order chi connectivity index (χ0) is 12.0. The lowest BCUT2D eigenvalue weighted by molar-refractivity contribution is 0.137. The highest BCUT2D eigenvalue weighted by atomic mass is 16.6. The van der Waals surface area contributed by atoms with Gasteiger partial charge in [-0.25, -0.2) is 4.79 Å². The lowest BCUT2D eigenvalue weighted by atomic mass is 9.80. The number of rotatable bonds is 1. The SMILES string of the molecule is N#Cc1ccc(C2CCC2)cc1.O=C(O)O. The Morgan fingerprint density at radius 1 is 1.25 bits per heavy atom. The van der Waals surface area contributed by atoms with Crippen molar-refractivity contribution in [2.24, 2.45) is 0 Å². The maximum atomic E-state index is 8.59. The van der Waals surface area contributed by atoms with Gasteiger partial charge in [-0.15, -0.1) is 0 Å². The van der Waals surface area contributed by atoms with E-state index in [1.54, 1.807) is 0 Å². The molecule has 0 bridgehead atoms. The van der Waals surface area contributed by atoms with Crippen LogP contribution in [0.1, 0.15) is 36.3 Å². The molecule has 4 heteroatoms. The molecule has 1 saturated carbocycles. The van der Waals surface area contributed by atoms with Gasteiger partial charge in [-0.2, -0.15) is 5.26 Å². The monoisotopic (exact) mass is 219 g/mol. The molecular formula is C12H13NO3. The Balaban J connectivity index is 0.000000280. The molecule has 1 fully saturated rings. The Morgan fingerprint density at radius 2 is 1.75 bits per heavy atom. The molecule has 16 heavy (non-hydrogen) atoms. The van der Waals surface area contributed by atoms with Gasteiger partial charge in [0.05, 0.1) is 11.6 Å². The molecule has 1 aliphatic carbocycles. The van der Waals surface area contributed by atoms with Crippen molar-refractivity contribution in [3.05, 3.63) is 35.4 Å². The molecular weight excluding hydrogens is 206 g/mol. The van der Waals surface area contributed by atoms with Gasteiger partial charge in [-0.3, -0.25) is 0 Å². The Morgan fingerprint density at radius 3 is 2.06 bits per heavy atom. The molecule has 0 unspecified atom stereocenters. The summed E-state index contributed by atoms with van der Waals surface area (Å²) in [5.41, 5.74) is 2.17. The first-order valence-corrected chi connectivity index (χ1v) is 5.05. The third-order valence-corrected chi connectivity index (χ3v) is 2.62. The fraction of sp³-hybridized carbons (Fsp3) is 0.333. The lowest BCUT2D eigenvalue weighted by Gasteiger charge is -2.25. The third-order valence-electron chi connectivity index (χ3n) is 2.62. The maximum absolute atomic E-state index is 8.59. The van der Waals surface area contributed by atoms with Crippen molar-refractivity contribution in [1.82, 2.24) is 0 Å². The highest BCUT2D eigenvalue weighted by molar-refractivity contribution is 5.53. The molecule has 1 aliphatic rings. The molecule has 84 valence electrons. The molecule has 0 amide bonds. The lowest BCUT2D eigenvalue weighted by Crippen LogP contribution is -2.08. The van der Waals surface area contributed by atoms with Crippen molar-refractivity contribution in [2.45, 2.75) is 25.2 Å². The van der Waals surface area contributed by atoms with E-state index in [4.69, 9.17) is 20.3 Å². The molecule has 0 saturated heterocycles. The first-order chi connectivity index (χ1) is 7.63. The molecule has 1 aromatic carbocycles. The fourth-order valence-corrected chi connectivity index (χ4v) is 1.57. The van der Waals surface area contributed by atoms with E-state index in [2.05, 4.69) is 18.2 Å². The van der Waals surface area contributed by atoms with Gasteiger partial charge in [0.1, 0.15) is 0 Å². The minimum atomic E-state index is -1.83. The van der Waals surface area contributed by atoms with Gasteiger partial charge in [-0.05, 0) is 36.5 Å². The van der Waals surface area contributed by atoms with Crippen molar-refractivity contribution in [3.63, 3.8) is 0 Å². The topological polar surface area (TPSA) is 81.3 Å². The summed E-state index contributed by atoms with van der Waals surface area (Å²) >= 11 is 0. The molecule has 4 nitrogen and oxygen atoms in total. The van der Waals surface area contributed by atoms with Gasteiger partial charge >= 0.3 is 6.16 Å². The average molecular weight is 219 g/mol. The molecule has 0 radical (unpaired) electrons. The Bertz CT molecular complexity index is 384. The van der Waals surface area contributed by atoms with Crippen LogP contribution in [-0.2, 0) is 0 Å². The van der Waals surface area contributed by atoms with Gasteiger partial charge in [0, 0.05) is 0 Å². The zero-order valence-electron chi connectivity index (χ0n) is 8.76. The quantitative estimate of drug-likeness (QED) is 0.760. The molecule has 0 aromatic heterocycles. The van der Waals surface area contributed by atoms with E-state index >= 15 is 0 Å². The first kappa shape index (κ1) is 12.1. The number of hydrogen-bond donors (Lipinski definition) is 2. The maximum Gasteiger partial charge on any atom is 0.503 e. The van der Waals surface area contributed by atoms with E-state index in [1.807, 2.05) is 12.1 Å². The minimum Gasteiger partial charge on any atom is -0.450 e. The van der Waals surface area contributed by atoms with Crippen molar-refractivity contribution in [2.75, 3.05) is 0 Å². The second kappa shape index (κ2) is 5.76. The summed E-state index contributed by atoms with van der Waals surface area (Å²) in [6, 6.07) is 10.1. The van der Waals surface area contributed by atoms with Crippen LogP contribution >= 0.6 is 0 Å². The van der Waals surface area contributed by atoms with Crippen LogP contribution in [0.2, 0.25) is 0 Å². The van der Waals surface area contributed by atoms with Gasteiger partial charge in [0.25, 0.3) is 0 Å². The second-order valence-electron chi connectivity index (χ2n) is 3.64. The molecule has 0 aliphatic heterocycles. The van der Waals surface area contributed by atoms with E-state index in [9.17, 15) is 0 Å². The fourth-order valence-electron chi connectivity index (χ4n) is 1.57. The second-order valence-corrected chi connectivity index (χ2v) is 3.64. The number of nitrogens with zero attached hydrogens (tertiary/aromatic N) is 1. The number of carbonyl (C=O) groups is 1. The van der Waals surface area contributed by atoms with E-state index in [0.717, 1.165) is 11.5 Å². The van der Waals surface area contributed by atoms with Gasteiger partial charge in [-0.1, -0.05) is 18.6 Å². The summed E-state index contributed by atoms with van der Waals surface area (Å²) in [4.78, 5) is 8.56. The van der Waals surface area contributed by atoms with E-state index in [-0.39, 0.29) is 0 Å². The van der Waals surface area contributed by atoms with Crippen molar-refractivity contribution in [3.8, 4) is 6.07 Å². The number of hydrogen-bond acceptors (Lipinski definition) is 2. The average Bonchev–Trinajstić information content (AvgIpc) is 2.15. The van der Waals surface area contributed by atoms with Gasteiger partial charge in [0.2, 0.25) is 0 Å². The van der Waals surface area contributed by atoms with Crippen LogP contribution in [0.15, 0.2) is 24.3 Å². The summed E-state index contributed by atoms with van der Waals surface area (Å²) in [5.74, 6) is 0.776. The zero-order valence-corrected chi connectivity index (χ0v) is 8.76. The van der Waals surface area contributed by atoms with Gasteiger partial charge < -0.3 is 10.2 Å². The summed E-state index contributed by atoms with van der Waals surface area (Å²) < 4.78 is 0. The smallest absolute Gasteiger partial charge is 0.450 e. The van der Waals surface area contributed by atoms with Crippen molar-refractivity contribution < 1.29 is 15.0 Å². The Kier molecular flexibility index (Phi) is 4.34. The van der Waals surface area contributed by atoms with Crippen LogP contribution in [0.3, 0.4) is 0 Å². The van der Waals surface area contributed by atoms with E-state index in [1.165, 1.54) is 24.8 Å². The van der Waals surface area contributed by atoms with Crippen LogP contribution in [0.5, 0.6) is 0 Å². The van der Waals surface area contributed by atoms with Crippen LogP contribution < -0.4 is 0 Å². The predicted octanol–water partition coefficient (Wildman–Crippen LogP) is 3.05. The van der Waals surface area contributed by atoms with E-state index in [0.29, 0.717) is 0 Å². The summed E-state index contributed by atoms with van der Waals surface area (Å²) in [6.07, 6.45) is 2.18. The third kappa shape index (κ3) is 3.62. The minimum absolute atomic E-state index is 0.762. The highest BCUT2D eigenvalue weighted by Crippen LogP contribution is 2.36. The first-order valence-electron chi connectivity index (χ1n) is 5.05. The van der Waals surface area contributed by atoms with E-state index < -0.39 is 6.16 Å². The summed E-state index contributed by atoms with van der Waals surface area (Å²) in [6.45, 7) is 0. The Labute approximate surface area is 93.8 Å². The number of carboxylic acid groups (broad SMARTS) is 2. The number of nitriles is 1. The Hall–Kier alpha value is -2.02. The van der Waals surface area contributed by atoms with Gasteiger partial charge in [0.15, 0.2) is 0 Å². The summed E-state index contributed by atoms with van der Waals surface area (Å²) in [7, 11) is 0. The van der Waals surface area contributed by atoms with Crippen molar-refractivity contribution >= 4 is 6.16 Å². The molecule has 0 heterocycles.